The van der Waals surface area contributed by atoms with Crippen molar-refractivity contribution < 1.29 is 22.2 Å². The molecular weight excluding hydrogens is 442 g/mol. The highest BCUT2D eigenvalue weighted by Gasteiger charge is 2.21. The molecule has 31 heavy (non-hydrogen) atoms. The van der Waals surface area contributed by atoms with Crippen LogP contribution < -0.4 is 9.50 Å². The number of halogens is 1. The van der Waals surface area contributed by atoms with Gasteiger partial charge in [-0.1, -0.05) is 11.6 Å². The fourth-order valence-electron chi connectivity index (χ4n) is 2.70. The summed E-state index contributed by atoms with van der Waals surface area (Å²) in [6, 6.07) is 10.2. The highest BCUT2D eigenvalue weighted by atomic mass is 35.5. The van der Waals surface area contributed by atoms with E-state index in [1.54, 1.807) is 11.0 Å². The van der Waals surface area contributed by atoms with Gasteiger partial charge in [0, 0.05) is 49.8 Å². The van der Waals surface area contributed by atoms with Gasteiger partial charge in [-0.3, -0.25) is 9.59 Å². The second-order valence-corrected chi connectivity index (χ2v) is 9.22. The number of benzene rings is 2. The minimum atomic E-state index is -4.14. The molecule has 0 unspecified atom stereocenters. The summed E-state index contributed by atoms with van der Waals surface area (Å²) in [7, 11) is -0.345. The predicted octanol–water partition coefficient (Wildman–Crippen LogP) is 2.98. The molecule has 0 heterocycles. The van der Waals surface area contributed by atoms with Crippen molar-refractivity contribution in [2.24, 2.45) is 0 Å². The van der Waals surface area contributed by atoms with Crippen molar-refractivity contribution >= 4 is 39.2 Å². The van der Waals surface area contributed by atoms with Crippen LogP contribution in [0.25, 0.3) is 0 Å². The van der Waals surface area contributed by atoms with E-state index in [1.165, 1.54) is 50.2 Å². The summed E-state index contributed by atoms with van der Waals surface area (Å²) in [6.45, 7) is 4.07. The highest BCUT2D eigenvalue weighted by Crippen LogP contribution is 2.28. The van der Waals surface area contributed by atoms with E-state index in [9.17, 15) is 18.0 Å². The smallest absolute Gasteiger partial charge is 0.339 e. The standard InChI is InChI=1S/C21H26ClN3O5S/c1-15(26)23-19-6-8-20(9-7-19)31(28,29)30-21-10-5-18(22)13-17(21)14-25(16(2)27)12-11-24(3)4/h5-10,13H,11-12,14H2,1-4H3,(H,23,26). The van der Waals surface area contributed by atoms with Crippen molar-refractivity contribution in [1.29, 1.82) is 0 Å². The van der Waals surface area contributed by atoms with Crippen molar-refractivity contribution in [2.45, 2.75) is 25.3 Å². The third-order valence-electron chi connectivity index (χ3n) is 4.31. The molecule has 0 bridgehead atoms. The van der Waals surface area contributed by atoms with Crippen LogP contribution in [0.15, 0.2) is 47.4 Å². The number of nitrogens with zero attached hydrogens (tertiary/aromatic N) is 2. The SMILES string of the molecule is CC(=O)Nc1ccc(S(=O)(=O)Oc2ccc(Cl)cc2CN(CCN(C)C)C(C)=O)cc1. The molecular formula is C21H26ClN3O5S. The molecule has 2 amide bonds. The average Bonchev–Trinajstić information content (AvgIpc) is 2.66. The van der Waals surface area contributed by atoms with Gasteiger partial charge in [-0.15, -0.1) is 0 Å². The normalized spacial score (nSPS) is 11.3. The summed E-state index contributed by atoms with van der Waals surface area (Å²) in [5.41, 5.74) is 0.941. The first-order valence-electron chi connectivity index (χ1n) is 9.49. The number of rotatable bonds is 9. The van der Waals surface area contributed by atoms with Crippen LogP contribution in [0, 0.1) is 0 Å². The predicted molar refractivity (Wildman–Crippen MR) is 120 cm³/mol. The second kappa shape index (κ2) is 10.6. The first-order chi connectivity index (χ1) is 14.5. The molecule has 2 aromatic rings. The first-order valence-corrected chi connectivity index (χ1v) is 11.3. The molecule has 10 heteroatoms. The third-order valence-corrected chi connectivity index (χ3v) is 5.79. The zero-order chi connectivity index (χ0) is 23.2. The van der Waals surface area contributed by atoms with Gasteiger partial charge in [-0.2, -0.15) is 8.42 Å². The van der Waals surface area contributed by atoms with Gasteiger partial charge in [-0.25, -0.2) is 0 Å². The largest absolute Gasteiger partial charge is 0.379 e. The van der Waals surface area contributed by atoms with Gasteiger partial charge in [0.15, 0.2) is 0 Å². The van der Waals surface area contributed by atoms with Crippen LogP contribution in [0.2, 0.25) is 5.02 Å². The van der Waals surface area contributed by atoms with Crippen molar-refractivity contribution in [1.82, 2.24) is 9.80 Å². The van der Waals surface area contributed by atoms with Crippen LogP contribution in [0.1, 0.15) is 19.4 Å². The van der Waals surface area contributed by atoms with E-state index in [-0.39, 0.29) is 29.0 Å². The van der Waals surface area contributed by atoms with Gasteiger partial charge in [-0.05, 0) is 56.6 Å². The Kier molecular flexibility index (Phi) is 8.43. The van der Waals surface area contributed by atoms with Gasteiger partial charge in [0.05, 0.1) is 0 Å². The topological polar surface area (TPSA) is 96.0 Å². The number of carbonyl (C=O) groups excluding carboxylic acids is 2. The molecule has 168 valence electrons. The molecule has 2 rings (SSSR count). The summed E-state index contributed by atoms with van der Waals surface area (Å²) >= 11 is 6.10. The van der Waals surface area contributed by atoms with E-state index in [0.717, 1.165) is 0 Å². The Morgan fingerprint density at radius 2 is 1.68 bits per heavy atom. The van der Waals surface area contributed by atoms with Crippen LogP contribution >= 0.6 is 11.6 Å². The van der Waals surface area contributed by atoms with Crippen LogP contribution in [0.3, 0.4) is 0 Å². The molecule has 0 fully saturated rings. The fourth-order valence-corrected chi connectivity index (χ4v) is 3.86. The van der Waals surface area contributed by atoms with Crippen molar-refractivity contribution in [3.8, 4) is 5.75 Å². The molecule has 1 N–H and O–H groups in total. The van der Waals surface area contributed by atoms with Crippen LogP contribution in [0.5, 0.6) is 5.75 Å². The lowest BCUT2D eigenvalue weighted by Crippen LogP contribution is -2.34. The third kappa shape index (κ3) is 7.54. The Hall–Kier alpha value is -2.62. The van der Waals surface area contributed by atoms with Crippen LogP contribution in [-0.4, -0.2) is 57.2 Å². The molecule has 8 nitrogen and oxygen atoms in total. The van der Waals surface area contributed by atoms with E-state index in [2.05, 4.69) is 5.32 Å². The summed E-state index contributed by atoms with van der Waals surface area (Å²) in [6.07, 6.45) is 0. The van der Waals surface area contributed by atoms with Gasteiger partial charge in [0.1, 0.15) is 10.6 Å². The van der Waals surface area contributed by atoms with Gasteiger partial charge in [0.25, 0.3) is 0 Å². The minimum Gasteiger partial charge on any atom is -0.379 e. The first kappa shape index (κ1) is 24.6. The lowest BCUT2D eigenvalue weighted by atomic mass is 10.2. The van der Waals surface area contributed by atoms with E-state index >= 15 is 0 Å². The zero-order valence-electron chi connectivity index (χ0n) is 17.9. The zero-order valence-corrected chi connectivity index (χ0v) is 19.5. The van der Waals surface area contributed by atoms with Gasteiger partial charge < -0.3 is 19.3 Å². The Morgan fingerprint density at radius 1 is 1.03 bits per heavy atom. The number of hydrogen-bond donors (Lipinski definition) is 1. The Labute approximate surface area is 187 Å². The van der Waals surface area contributed by atoms with E-state index in [4.69, 9.17) is 15.8 Å². The van der Waals surface area contributed by atoms with Crippen LogP contribution in [0.4, 0.5) is 5.69 Å². The summed E-state index contributed by atoms with van der Waals surface area (Å²) < 4.78 is 30.9. The number of nitrogens with one attached hydrogen (secondary N) is 1. The summed E-state index contributed by atoms with van der Waals surface area (Å²) in [4.78, 5) is 26.6. The fraction of sp³-hybridized carbons (Fsp3) is 0.333. The molecule has 0 saturated carbocycles. The molecule has 0 aliphatic rings. The molecule has 2 aromatic carbocycles. The second-order valence-electron chi connectivity index (χ2n) is 7.24. The maximum atomic E-state index is 12.8. The van der Waals surface area contributed by atoms with E-state index in [0.29, 0.717) is 29.4 Å². The average molecular weight is 468 g/mol. The Bertz CT molecular complexity index is 1040. The lowest BCUT2D eigenvalue weighted by molar-refractivity contribution is -0.129. The molecule has 0 saturated heterocycles. The van der Waals surface area contributed by atoms with E-state index < -0.39 is 10.1 Å². The monoisotopic (exact) mass is 467 g/mol. The molecule has 0 aliphatic carbocycles. The van der Waals surface area contributed by atoms with Crippen molar-refractivity contribution in [3.05, 3.63) is 53.1 Å². The Balaban J connectivity index is 2.28. The van der Waals surface area contributed by atoms with E-state index in [1.807, 2.05) is 19.0 Å². The maximum absolute atomic E-state index is 12.8. The number of likely N-dealkylation sites (N-methyl/N-ethyl adjacent to an activating group) is 1. The number of anilines is 1. The molecule has 0 atom stereocenters. The van der Waals surface area contributed by atoms with Crippen molar-refractivity contribution in [3.63, 3.8) is 0 Å². The quantitative estimate of drug-likeness (QED) is 0.569. The number of hydrogen-bond acceptors (Lipinski definition) is 6. The molecule has 0 spiro atoms. The summed E-state index contributed by atoms with van der Waals surface area (Å²) in [5, 5.41) is 2.97. The summed E-state index contributed by atoms with van der Waals surface area (Å²) in [5.74, 6) is -0.322. The van der Waals surface area contributed by atoms with Gasteiger partial charge >= 0.3 is 10.1 Å². The van der Waals surface area contributed by atoms with Gasteiger partial charge in [0.2, 0.25) is 11.8 Å². The molecule has 0 radical (unpaired) electrons. The van der Waals surface area contributed by atoms with Crippen molar-refractivity contribution in [2.75, 3.05) is 32.5 Å². The molecule has 0 aliphatic heterocycles. The minimum absolute atomic E-state index is 0.0708. The number of amides is 2. The highest BCUT2D eigenvalue weighted by molar-refractivity contribution is 7.87. The van der Waals surface area contributed by atoms with Crippen LogP contribution in [-0.2, 0) is 26.3 Å². The Morgan fingerprint density at radius 3 is 2.23 bits per heavy atom. The number of carbonyl (C=O) groups is 2. The molecule has 0 aromatic heterocycles. The maximum Gasteiger partial charge on any atom is 0.339 e. The lowest BCUT2D eigenvalue weighted by Gasteiger charge is -2.24.